The van der Waals surface area contributed by atoms with Crippen molar-refractivity contribution in [2.24, 2.45) is 23.7 Å². The molecule has 2 fully saturated rings. The van der Waals surface area contributed by atoms with Gasteiger partial charge in [0.2, 0.25) is 23.6 Å². The lowest BCUT2D eigenvalue weighted by atomic mass is 10.0. The van der Waals surface area contributed by atoms with E-state index in [4.69, 9.17) is 0 Å². The molecule has 0 saturated carbocycles. The minimum Gasteiger partial charge on any atom is -0.393 e. The fraction of sp³-hybridized carbons (Fsp3) is 0.706. The van der Waals surface area contributed by atoms with Crippen LogP contribution in [-0.2, 0) is 32.3 Å². The summed E-state index contributed by atoms with van der Waals surface area (Å²) < 4.78 is 6.92. The Kier molecular flexibility index (Phi) is 33.9. The lowest BCUT2D eigenvalue weighted by molar-refractivity contribution is -0.160. The third-order valence-corrected chi connectivity index (χ3v) is 17.1. The van der Waals surface area contributed by atoms with E-state index in [1.165, 1.54) is 53.9 Å². The molecule has 0 radical (unpaired) electrons. The summed E-state index contributed by atoms with van der Waals surface area (Å²) in [7, 11) is 0. The molecular weight excluding hydrogens is 1160 g/mol. The van der Waals surface area contributed by atoms with Gasteiger partial charge in [-0.3, -0.25) is 19.2 Å². The Bertz CT molecular complexity index is 2220. The smallest absolute Gasteiger partial charge is 0.245 e. The zero-order valence-electron chi connectivity index (χ0n) is 53.5. The minimum atomic E-state index is -0.370. The number of aryl methyl sites for hydroxylation is 2. The van der Waals surface area contributed by atoms with E-state index in [-0.39, 0.29) is 60.0 Å². The van der Waals surface area contributed by atoms with Crippen LogP contribution < -0.4 is 0 Å². The van der Waals surface area contributed by atoms with Crippen molar-refractivity contribution in [2.45, 2.75) is 262 Å². The average Bonchev–Trinajstić information content (AvgIpc) is 4.17. The summed E-state index contributed by atoms with van der Waals surface area (Å²) in [6.07, 6.45) is 23.1. The van der Waals surface area contributed by atoms with E-state index < -0.39 is 0 Å². The molecule has 6 atom stereocenters. The van der Waals surface area contributed by atoms with Crippen LogP contribution in [0.25, 0.3) is 21.8 Å². The topological polar surface area (TPSA) is 132 Å². The van der Waals surface area contributed by atoms with Gasteiger partial charge in [-0.2, -0.15) is 0 Å². The van der Waals surface area contributed by atoms with Gasteiger partial charge in [0.1, 0.15) is 24.2 Å². The average molecular weight is 1270 g/mol. The Morgan fingerprint density at radius 1 is 0.366 bits per heavy atom. The Labute approximate surface area is 514 Å². The van der Waals surface area contributed by atoms with E-state index in [0.717, 1.165) is 111 Å². The molecule has 0 aliphatic carbocycles. The molecule has 2 saturated heterocycles. The molecule has 2 aliphatic heterocycles. The number of carbonyl (C=O) groups is 4. The molecule has 2 aromatic heterocycles. The number of hydrogen-bond donors (Lipinski definition) is 2. The molecule has 0 spiro atoms. The fourth-order valence-electron chi connectivity index (χ4n) is 11.0. The number of fused-ring (bicyclic) bond motifs is 2. The Hall–Kier alpha value is -3.72. The number of benzene rings is 2. The highest BCUT2D eigenvalue weighted by Gasteiger charge is 2.42. The molecule has 4 heterocycles. The van der Waals surface area contributed by atoms with Gasteiger partial charge in [0.15, 0.2) is 0 Å². The van der Waals surface area contributed by atoms with Crippen molar-refractivity contribution in [1.29, 1.82) is 0 Å². The summed E-state index contributed by atoms with van der Waals surface area (Å²) in [4.78, 5) is 57.8. The normalized spacial score (nSPS) is 18.4. The van der Waals surface area contributed by atoms with E-state index in [1.807, 2.05) is 34.6 Å². The Morgan fingerprint density at radius 2 is 0.610 bits per heavy atom. The molecule has 4 amide bonds. The summed E-state index contributed by atoms with van der Waals surface area (Å²) in [6, 6.07) is 15.9. The monoisotopic (exact) mass is 1270 g/mol. The van der Waals surface area contributed by atoms with Crippen LogP contribution in [0.5, 0.6) is 0 Å². The SMILES string of the molecule is CC(C)CCCCN1C(=O)C(C)N(CCCCC(C)C)C(=O)C1C.CC(C)CCCCN1C(=O)C(C)N(CCCC[C@@H](C)O)C(=O)C1C.CC(C)CCCCn1ccc2cc(Br)ccc21.C[C@@H](O)CCCCn1ccc2cc(Br)ccc21. The second kappa shape index (κ2) is 38.4. The standard InChI is InChI=1S/C20H38N2O2.C19H36N2O3.C15H20BrN.C14H18BrNO/c1-15(2)11-7-9-13-21-17(5)20(24)22(18(6)19(21)23)14-10-8-12-16(3)4;1-14(2)10-6-8-12-20-16(4)19(24)21(17(5)18(20)23)13-9-7-11-15(3)22;1-12(2)5-3-4-9-17-10-8-13-11-14(16)6-7-15(13)17;1-11(17)4-2-3-8-16-9-7-12-10-13(15)5-6-14(12)16/h15-18H,7-14H2,1-6H3;14-17,22H,6-13H2,1-5H3;6-8,10-12H,3-5,9H2,1-2H3;5-7,9-11,17H,2-4,8H2,1H3/t;15-,16?,17?;;11-/m.1.1/s1. The highest BCUT2D eigenvalue weighted by molar-refractivity contribution is 9.10. The van der Waals surface area contributed by atoms with E-state index in [9.17, 15) is 29.4 Å². The molecule has 0 bridgehead atoms. The number of rotatable bonds is 30. The third-order valence-electron chi connectivity index (χ3n) is 16.2. The number of hydrogen-bond acceptors (Lipinski definition) is 6. The number of aliphatic hydroxyl groups excluding tert-OH is 2. The van der Waals surface area contributed by atoms with Gasteiger partial charge in [-0.05, 0) is 178 Å². The molecule has 82 heavy (non-hydrogen) atoms. The van der Waals surface area contributed by atoms with E-state index in [0.29, 0.717) is 43.9 Å². The van der Waals surface area contributed by atoms with Crippen LogP contribution in [0.15, 0.2) is 69.9 Å². The summed E-state index contributed by atoms with van der Waals surface area (Å²) >= 11 is 7.00. The second-order valence-electron chi connectivity index (χ2n) is 25.5. The zero-order valence-corrected chi connectivity index (χ0v) is 56.7. The van der Waals surface area contributed by atoms with Crippen LogP contribution in [0.3, 0.4) is 0 Å². The first-order valence-electron chi connectivity index (χ1n) is 31.9. The Morgan fingerprint density at radius 3 is 0.854 bits per heavy atom. The van der Waals surface area contributed by atoms with Crippen LogP contribution >= 0.6 is 31.9 Å². The molecule has 4 unspecified atom stereocenters. The minimum absolute atomic E-state index is 0.0583. The number of amides is 4. The van der Waals surface area contributed by atoms with E-state index in [2.05, 4.69) is 157 Å². The molecule has 2 aromatic carbocycles. The van der Waals surface area contributed by atoms with Crippen molar-refractivity contribution in [3.05, 3.63) is 69.9 Å². The second-order valence-corrected chi connectivity index (χ2v) is 27.3. The first-order chi connectivity index (χ1) is 38.8. The third kappa shape index (κ3) is 25.5. The summed E-state index contributed by atoms with van der Waals surface area (Å²) in [5, 5.41) is 21.1. The molecule has 12 nitrogen and oxygen atoms in total. The lowest BCUT2D eigenvalue weighted by Gasteiger charge is -2.43. The predicted octanol–water partition coefficient (Wildman–Crippen LogP) is 16.1. The van der Waals surface area contributed by atoms with Crippen molar-refractivity contribution in [1.82, 2.24) is 28.7 Å². The Balaban J connectivity index is 0.000000290. The maximum atomic E-state index is 12.7. The van der Waals surface area contributed by atoms with Crippen molar-refractivity contribution < 1.29 is 29.4 Å². The van der Waals surface area contributed by atoms with Crippen LogP contribution in [0.2, 0.25) is 0 Å². The van der Waals surface area contributed by atoms with Gasteiger partial charge in [0.05, 0.1) is 12.2 Å². The zero-order chi connectivity index (χ0) is 61.1. The number of nitrogens with zero attached hydrogens (tertiary/aromatic N) is 6. The van der Waals surface area contributed by atoms with Crippen LogP contribution in [0, 0.1) is 23.7 Å². The van der Waals surface area contributed by atoms with Crippen molar-refractivity contribution in [3.63, 3.8) is 0 Å². The maximum Gasteiger partial charge on any atom is 0.245 e. The van der Waals surface area contributed by atoms with Crippen molar-refractivity contribution >= 4 is 77.3 Å². The first kappa shape index (κ1) is 72.5. The van der Waals surface area contributed by atoms with Crippen LogP contribution in [0.4, 0.5) is 0 Å². The number of aromatic nitrogens is 2. The molecule has 464 valence electrons. The van der Waals surface area contributed by atoms with Gasteiger partial charge in [0, 0.05) is 82.4 Å². The van der Waals surface area contributed by atoms with Gasteiger partial charge >= 0.3 is 0 Å². The predicted molar refractivity (Wildman–Crippen MR) is 350 cm³/mol. The highest BCUT2D eigenvalue weighted by atomic mass is 79.9. The molecule has 2 aliphatic rings. The van der Waals surface area contributed by atoms with Gasteiger partial charge < -0.3 is 38.9 Å². The summed E-state index contributed by atoms with van der Waals surface area (Å²) in [6.45, 7) is 33.8. The van der Waals surface area contributed by atoms with Crippen molar-refractivity contribution in [2.75, 3.05) is 26.2 Å². The number of halogens is 2. The summed E-state index contributed by atoms with van der Waals surface area (Å²) in [5.74, 6) is 3.27. The molecule has 14 heteroatoms. The highest BCUT2D eigenvalue weighted by Crippen LogP contribution is 2.25. The summed E-state index contributed by atoms with van der Waals surface area (Å²) in [5.41, 5.74) is 2.63. The van der Waals surface area contributed by atoms with E-state index in [1.54, 1.807) is 26.5 Å². The number of aliphatic hydroxyl groups is 2. The van der Waals surface area contributed by atoms with Gasteiger partial charge in [0.25, 0.3) is 0 Å². The van der Waals surface area contributed by atoms with Crippen LogP contribution in [0.1, 0.15) is 213 Å². The van der Waals surface area contributed by atoms with Gasteiger partial charge in [-0.1, -0.05) is 139 Å². The molecule has 2 N–H and O–H groups in total. The molecular formula is C68H112Br2N6O6. The number of piperazine rings is 2. The fourth-order valence-corrected chi connectivity index (χ4v) is 11.7. The van der Waals surface area contributed by atoms with Crippen LogP contribution in [-0.4, -0.2) is 125 Å². The molecule has 6 rings (SSSR count). The molecule has 4 aromatic rings. The largest absolute Gasteiger partial charge is 0.393 e. The quantitative estimate of drug-likeness (QED) is 0.0500. The van der Waals surface area contributed by atoms with Gasteiger partial charge in [-0.15, -0.1) is 0 Å². The lowest BCUT2D eigenvalue weighted by Crippen LogP contribution is -2.63. The first-order valence-corrected chi connectivity index (χ1v) is 33.5. The maximum absolute atomic E-state index is 12.7. The number of unbranched alkanes of at least 4 members (excludes halogenated alkanes) is 6. The van der Waals surface area contributed by atoms with E-state index >= 15 is 0 Å². The van der Waals surface area contributed by atoms with Gasteiger partial charge in [-0.25, -0.2) is 0 Å². The van der Waals surface area contributed by atoms with Crippen molar-refractivity contribution in [3.8, 4) is 0 Å². The number of carbonyl (C=O) groups excluding carboxylic acids is 4.